The summed E-state index contributed by atoms with van der Waals surface area (Å²) in [6.45, 7) is 0.0856. The summed E-state index contributed by atoms with van der Waals surface area (Å²) in [5.41, 5.74) is 0.536. The third-order valence-corrected chi connectivity index (χ3v) is 3.32. The molecule has 134 valence electrons. The minimum Gasteiger partial charge on any atom is -0.497 e. The first-order chi connectivity index (χ1) is 12.4. The molecule has 0 unspecified atom stereocenters. The SMILES string of the molecule is COc1cccc(C=CC(=O)NCC#Cc2ccc(C(F)(F)F)cc2)c1. The molecular weight excluding hydrogens is 343 g/mol. The van der Waals surface area contributed by atoms with E-state index < -0.39 is 11.7 Å². The number of hydrogen-bond donors (Lipinski definition) is 1. The average molecular weight is 359 g/mol. The van der Waals surface area contributed by atoms with E-state index in [1.54, 1.807) is 25.3 Å². The lowest BCUT2D eigenvalue weighted by molar-refractivity contribution is -0.137. The van der Waals surface area contributed by atoms with Gasteiger partial charge in [-0.2, -0.15) is 13.2 Å². The minimum atomic E-state index is -4.37. The quantitative estimate of drug-likeness (QED) is 0.664. The molecule has 6 heteroatoms. The lowest BCUT2D eigenvalue weighted by atomic mass is 10.1. The molecule has 0 saturated carbocycles. The van der Waals surface area contributed by atoms with Gasteiger partial charge in [0.05, 0.1) is 19.2 Å². The number of alkyl halides is 3. The van der Waals surface area contributed by atoms with Gasteiger partial charge in [-0.25, -0.2) is 0 Å². The molecule has 0 aromatic heterocycles. The van der Waals surface area contributed by atoms with Gasteiger partial charge in [0, 0.05) is 11.6 Å². The van der Waals surface area contributed by atoms with Crippen LogP contribution in [0.4, 0.5) is 13.2 Å². The van der Waals surface area contributed by atoms with Crippen LogP contribution in [0, 0.1) is 11.8 Å². The van der Waals surface area contributed by atoms with Crippen LogP contribution >= 0.6 is 0 Å². The number of methoxy groups -OCH3 is 1. The zero-order valence-corrected chi connectivity index (χ0v) is 13.9. The molecule has 1 N–H and O–H groups in total. The number of carbonyl (C=O) groups excluding carboxylic acids is 1. The standard InChI is InChI=1S/C20H16F3NO2/c1-26-18-6-2-4-16(14-18)9-12-19(25)24-13-3-5-15-7-10-17(11-8-15)20(21,22)23/h2,4,6-12,14H,13H2,1H3,(H,24,25). The summed E-state index contributed by atoms with van der Waals surface area (Å²) in [7, 11) is 1.56. The molecule has 0 spiro atoms. The highest BCUT2D eigenvalue weighted by molar-refractivity contribution is 5.91. The van der Waals surface area contributed by atoms with Crippen LogP contribution in [-0.4, -0.2) is 19.6 Å². The smallest absolute Gasteiger partial charge is 0.416 e. The van der Waals surface area contributed by atoms with Crippen LogP contribution in [0.2, 0.25) is 0 Å². The molecule has 0 aliphatic carbocycles. The molecule has 2 aromatic carbocycles. The molecule has 0 bridgehead atoms. The summed E-state index contributed by atoms with van der Waals surface area (Å²) in [6, 6.07) is 11.8. The van der Waals surface area contributed by atoms with Gasteiger partial charge in [0.2, 0.25) is 5.91 Å². The minimum absolute atomic E-state index is 0.0856. The van der Waals surface area contributed by atoms with Crippen LogP contribution in [0.15, 0.2) is 54.6 Å². The Morgan fingerprint density at radius 1 is 1.19 bits per heavy atom. The van der Waals surface area contributed by atoms with E-state index in [9.17, 15) is 18.0 Å². The third-order valence-electron chi connectivity index (χ3n) is 3.32. The van der Waals surface area contributed by atoms with Crippen LogP contribution in [0.5, 0.6) is 5.75 Å². The van der Waals surface area contributed by atoms with E-state index in [4.69, 9.17) is 4.74 Å². The van der Waals surface area contributed by atoms with Crippen LogP contribution in [0.25, 0.3) is 6.08 Å². The molecule has 2 rings (SSSR count). The maximum Gasteiger partial charge on any atom is 0.416 e. The van der Waals surface area contributed by atoms with Gasteiger partial charge in [0.25, 0.3) is 0 Å². The maximum absolute atomic E-state index is 12.5. The maximum atomic E-state index is 12.5. The number of nitrogens with one attached hydrogen (secondary N) is 1. The number of rotatable bonds is 4. The summed E-state index contributed by atoms with van der Waals surface area (Å²) < 4.78 is 42.5. The highest BCUT2D eigenvalue weighted by Crippen LogP contribution is 2.28. The molecule has 3 nitrogen and oxygen atoms in total. The topological polar surface area (TPSA) is 38.3 Å². The molecule has 0 aliphatic rings. The van der Waals surface area contributed by atoms with Crippen LogP contribution in [-0.2, 0) is 11.0 Å². The molecule has 0 heterocycles. The van der Waals surface area contributed by atoms with Gasteiger partial charge in [-0.3, -0.25) is 4.79 Å². The number of ether oxygens (including phenoxy) is 1. The van der Waals surface area contributed by atoms with E-state index in [1.165, 1.54) is 18.2 Å². The zero-order chi connectivity index (χ0) is 19.0. The summed E-state index contributed by atoms with van der Waals surface area (Å²) in [5.74, 6) is 5.75. The monoisotopic (exact) mass is 359 g/mol. The van der Waals surface area contributed by atoms with Gasteiger partial charge in [-0.15, -0.1) is 0 Å². The molecule has 0 aliphatic heterocycles. The summed E-state index contributed by atoms with van der Waals surface area (Å²) >= 11 is 0. The van der Waals surface area contributed by atoms with Gasteiger partial charge in [0.1, 0.15) is 5.75 Å². The van der Waals surface area contributed by atoms with E-state index in [1.807, 2.05) is 12.1 Å². The fourth-order valence-electron chi connectivity index (χ4n) is 2.00. The van der Waals surface area contributed by atoms with E-state index in [0.29, 0.717) is 11.3 Å². The summed E-state index contributed by atoms with van der Waals surface area (Å²) in [6.07, 6.45) is -1.36. The summed E-state index contributed by atoms with van der Waals surface area (Å²) in [5, 5.41) is 2.58. The molecule has 1 amide bonds. The normalized spacial score (nSPS) is 10.9. The molecule has 0 radical (unpaired) electrons. The van der Waals surface area contributed by atoms with Crippen molar-refractivity contribution in [3.05, 3.63) is 71.3 Å². The first-order valence-electron chi connectivity index (χ1n) is 7.64. The van der Waals surface area contributed by atoms with Gasteiger partial charge < -0.3 is 10.1 Å². The molecular formula is C20H16F3NO2. The number of carbonyl (C=O) groups is 1. The Kier molecular flexibility index (Phi) is 6.45. The second kappa shape index (κ2) is 8.77. The average Bonchev–Trinajstić information content (AvgIpc) is 2.63. The highest BCUT2D eigenvalue weighted by atomic mass is 19.4. The Labute approximate surface area is 149 Å². The van der Waals surface area contributed by atoms with Crippen LogP contribution in [0.1, 0.15) is 16.7 Å². The lowest BCUT2D eigenvalue weighted by Crippen LogP contribution is -2.20. The fraction of sp³-hybridized carbons (Fsp3) is 0.150. The molecule has 0 fully saturated rings. The van der Waals surface area contributed by atoms with Crippen molar-refractivity contribution in [3.63, 3.8) is 0 Å². The predicted octanol–water partition coefficient (Wildman–Crippen LogP) is 3.90. The predicted molar refractivity (Wildman–Crippen MR) is 93.4 cm³/mol. The zero-order valence-electron chi connectivity index (χ0n) is 13.9. The fourth-order valence-corrected chi connectivity index (χ4v) is 2.00. The van der Waals surface area contributed by atoms with Crippen molar-refractivity contribution < 1.29 is 22.7 Å². The van der Waals surface area contributed by atoms with E-state index >= 15 is 0 Å². The van der Waals surface area contributed by atoms with E-state index in [2.05, 4.69) is 17.2 Å². The largest absolute Gasteiger partial charge is 0.497 e. The Morgan fingerprint density at radius 3 is 2.58 bits per heavy atom. The first-order valence-corrected chi connectivity index (χ1v) is 7.64. The van der Waals surface area contributed by atoms with Crippen LogP contribution < -0.4 is 10.1 Å². The Bertz CT molecular complexity index is 844. The van der Waals surface area contributed by atoms with Crippen molar-refractivity contribution in [2.24, 2.45) is 0 Å². The van der Waals surface area contributed by atoms with Gasteiger partial charge in [-0.1, -0.05) is 24.0 Å². The lowest BCUT2D eigenvalue weighted by Gasteiger charge is -2.05. The van der Waals surface area contributed by atoms with Crippen molar-refractivity contribution >= 4 is 12.0 Å². The van der Waals surface area contributed by atoms with Gasteiger partial charge in [-0.05, 0) is 48.0 Å². The number of hydrogen-bond acceptors (Lipinski definition) is 2. The Hall–Kier alpha value is -3.20. The van der Waals surface area contributed by atoms with E-state index in [0.717, 1.165) is 17.7 Å². The number of halogens is 3. The Morgan fingerprint density at radius 2 is 1.92 bits per heavy atom. The van der Waals surface area contributed by atoms with Crippen molar-refractivity contribution in [3.8, 4) is 17.6 Å². The molecule has 0 saturated heterocycles. The van der Waals surface area contributed by atoms with Crippen molar-refractivity contribution in [2.45, 2.75) is 6.18 Å². The van der Waals surface area contributed by atoms with Crippen molar-refractivity contribution in [1.82, 2.24) is 5.32 Å². The number of benzene rings is 2. The molecule has 2 aromatic rings. The Balaban J connectivity index is 1.85. The second-order valence-electron chi connectivity index (χ2n) is 5.20. The van der Waals surface area contributed by atoms with Crippen molar-refractivity contribution in [2.75, 3.05) is 13.7 Å². The first kappa shape index (κ1) is 19.1. The van der Waals surface area contributed by atoms with Crippen LogP contribution in [0.3, 0.4) is 0 Å². The van der Waals surface area contributed by atoms with Gasteiger partial charge >= 0.3 is 6.18 Å². The highest BCUT2D eigenvalue weighted by Gasteiger charge is 2.29. The van der Waals surface area contributed by atoms with Gasteiger partial charge in [0.15, 0.2) is 0 Å². The third kappa shape index (κ3) is 6.02. The summed E-state index contributed by atoms with van der Waals surface area (Å²) in [4.78, 5) is 11.7. The number of amides is 1. The van der Waals surface area contributed by atoms with Crippen molar-refractivity contribution in [1.29, 1.82) is 0 Å². The van der Waals surface area contributed by atoms with E-state index in [-0.39, 0.29) is 12.5 Å². The molecule has 0 atom stereocenters. The molecule has 26 heavy (non-hydrogen) atoms. The second-order valence-corrected chi connectivity index (χ2v) is 5.20.